The first kappa shape index (κ1) is 17.5. The summed E-state index contributed by atoms with van der Waals surface area (Å²) in [6.07, 6.45) is 21.1. The van der Waals surface area contributed by atoms with Gasteiger partial charge >= 0.3 is 0 Å². The lowest BCUT2D eigenvalue weighted by molar-refractivity contribution is 0.166. The molecule has 0 amide bonds. The third-order valence-corrected chi connectivity index (χ3v) is 5.23. The summed E-state index contributed by atoms with van der Waals surface area (Å²) in [5, 5.41) is 0. The molecule has 0 spiro atoms. The molecule has 0 saturated heterocycles. The predicted molar refractivity (Wildman–Crippen MR) is 96.1 cm³/mol. The van der Waals surface area contributed by atoms with Crippen molar-refractivity contribution in [2.45, 2.75) is 79.1 Å². The van der Waals surface area contributed by atoms with E-state index in [9.17, 15) is 0 Å². The van der Waals surface area contributed by atoms with Crippen LogP contribution in [0.5, 0.6) is 0 Å². The third-order valence-electron chi connectivity index (χ3n) is 5.23. The number of rotatable bonds is 3. The molecule has 0 bridgehead atoms. The summed E-state index contributed by atoms with van der Waals surface area (Å²) in [4.78, 5) is 0. The van der Waals surface area contributed by atoms with Gasteiger partial charge in [0.15, 0.2) is 0 Å². The van der Waals surface area contributed by atoms with Gasteiger partial charge < -0.3 is 0 Å². The third kappa shape index (κ3) is 5.46. The highest BCUT2D eigenvalue weighted by molar-refractivity contribution is 4.93. The molecule has 0 unspecified atom stereocenters. The lowest BCUT2D eigenvalue weighted by Gasteiger charge is -2.36. The van der Waals surface area contributed by atoms with Crippen LogP contribution in [0.2, 0.25) is 0 Å². The lowest BCUT2D eigenvalue weighted by Crippen LogP contribution is -2.25. The van der Waals surface area contributed by atoms with Crippen LogP contribution in [0.1, 0.15) is 81.9 Å². The van der Waals surface area contributed by atoms with Gasteiger partial charge in [-0.3, -0.25) is 0 Å². The van der Waals surface area contributed by atoms with E-state index in [-0.39, 0.29) is 2.85 Å². The Morgan fingerprint density at radius 3 is 1.15 bits per heavy atom. The molecule has 2 fully saturated rings. The highest BCUT2D eigenvalue weighted by atomic mass is 14.3. The van der Waals surface area contributed by atoms with E-state index in [1.807, 2.05) is 13.8 Å². The van der Waals surface area contributed by atoms with Gasteiger partial charge in [0.05, 0.1) is 0 Å². The summed E-state index contributed by atoms with van der Waals surface area (Å²) in [7, 11) is 0. The maximum atomic E-state index is 2.43. The van der Waals surface area contributed by atoms with Crippen molar-refractivity contribution in [2.75, 3.05) is 0 Å². The van der Waals surface area contributed by atoms with Gasteiger partial charge in [0.25, 0.3) is 0 Å². The van der Waals surface area contributed by atoms with Crippen LogP contribution in [0.4, 0.5) is 0 Å². The van der Waals surface area contributed by atoms with Crippen LogP contribution in [-0.2, 0) is 0 Å². The van der Waals surface area contributed by atoms with Crippen molar-refractivity contribution in [3.05, 3.63) is 24.3 Å². The monoisotopic (exact) mass is 280 g/mol. The molecule has 0 aromatic heterocycles. The van der Waals surface area contributed by atoms with Gasteiger partial charge in [-0.2, -0.15) is 0 Å². The second-order valence-electron chi connectivity index (χ2n) is 6.40. The van der Waals surface area contributed by atoms with E-state index in [0.717, 1.165) is 23.7 Å². The topological polar surface area (TPSA) is 0 Å². The largest absolute Gasteiger partial charge is 0.0914 e. The van der Waals surface area contributed by atoms with Gasteiger partial charge in [-0.05, 0) is 88.9 Å². The Hall–Kier alpha value is -0.520. The minimum absolute atomic E-state index is 0. The van der Waals surface area contributed by atoms with Gasteiger partial charge in [-0.1, -0.05) is 38.2 Å². The van der Waals surface area contributed by atoms with Crippen LogP contribution in [0.15, 0.2) is 24.3 Å². The molecular weight excluding hydrogens is 240 g/mol. The molecule has 0 aromatic carbocycles. The van der Waals surface area contributed by atoms with Crippen molar-refractivity contribution in [1.29, 1.82) is 0 Å². The summed E-state index contributed by atoms with van der Waals surface area (Å²) in [5.74, 6) is 3.90. The zero-order chi connectivity index (χ0) is 14.8. The summed E-state index contributed by atoms with van der Waals surface area (Å²) in [6, 6.07) is 0. The molecule has 2 aliphatic carbocycles. The van der Waals surface area contributed by atoms with Crippen molar-refractivity contribution in [1.82, 2.24) is 0 Å². The molecule has 20 heavy (non-hydrogen) atoms. The zero-order valence-corrected chi connectivity index (χ0v) is 14.3. The first-order valence-corrected chi connectivity index (χ1v) is 9.09. The summed E-state index contributed by atoms with van der Waals surface area (Å²) >= 11 is 0. The summed E-state index contributed by atoms with van der Waals surface area (Å²) in [6.45, 7) is 8.32. The van der Waals surface area contributed by atoms with Crippen LogP contribution >= 0.6 is 0 Å². The summed E-state index contributed by atoms with van der Waals surface area (Å²) < 4.78 is 0. The fraction of sp³-hybridized carbons (Fsp3) is 0.800. The van der Waals surface area contributed by atoms with E-state index < -0.39 is 0 Å². The highest BCUT2D eigenvalue weighted by Gasteiger charge is 2.29. The fourth-order valence-electron chi connectivity index (χ4n) is 4.16. The maximum Gasteiger partial charge on any atom is 0 e. The molecule has 0 radical (unpaired) electrons. The minimum atomic E-state index is 0. The molecule has 0 aromatic rings. The van der Waals surface area contributed by atoms with Crippen LogP contribution in [-0.4, -0.2) is 0 Å². The maximum absolute atomic E-state index is 2.43. The van der Waals surface area contributed by atoms with Crippen molar-refractivity contribution < 1.29 is 2.85 Å². The molecule has 0 N–H and O–H groups in total. The second-order valence-corrected chi connectivity index (χ2v) is 6.40. The van der Waals surface area contributed by atoms with Crippen LogP contribution in [0, 0.1) is 23.7 Å². The van der Waals surface area contributed by atoms with E-state index >= 15 is 0 Å². The number of hydrogen-bond acceptors (Lipinski definition) is 0. The first-order chi connectivity index (χ1) is 9.83. The zero-order valence-electron chi connectivity index (χ0n) is 14.3. The molecule has 0 heterocycles. The van der Waals surface area contributed by atoms with E-state index in [4.69, 9.17) is 0 Å². The SMILES string of the molecule is C/C=C/C1CCC(C2CCC(/C=C/C)CC2)CC1.CC.[HH].[HH]. The van der Waals surface area contributed by atoms with Crippen molar-refractivity contribution in [3.63, 3.8) is 0 Å². The predicted octanol–water partition coefficient (Wildman–Crippen LogP) is 7.27. The van der Waals surface area contributed by atoms with Crippen molar-refractivity contribution in [3.8, 4) is 0 Å². The summed E-state index contributed by atoms with van der Waals surface area (Å²) in [5.41, 5.74) is 0. The fourth-order valence-corrected chi connectivity index (χ4v) is 4.16. The Morgan fingerprint density at radius 1 is 0.600 bits per heavy atom. The van der Waals surface area contributed by atoms with Gasteiger partial charge in [0.1, 0.15) is 0 Å². The normalized spacial score (nSPS) is 35.0. The Balaban J connectivity index is 0. The lowest BCUT2D eigenvalue weighted by atomic mass is 9.69. The Bertz CT molecular complexity index is 250. The molecule has 0 nitrogen and oxygen atoms in total. The average molecular weight is 281 g/mol. The standard InChI is InChI=1S/C18H30.C2H6.2H2/c1-3-5-15-7-11-17(12-8-15)18-13-9-16(6-4-2)10-14-18;1-2;;/h3-6,15-18H,7-14H2,1-2H3;1-2H3;2*1H/b5-3+,6-4+;;;. The quantitative estimate of drug-likeness (QED) is 0.477. The van der Waals surface area contributed by atoms with E-state index in [0.29, 0.717) is 0 Å². The van der Waals surface area contributed by atoms with Gasteiger partial charge in [-0.25, -0.2) is 0 Å². The molecule has 2 saturated carbocycles. The Labute approximate surface area is 130 Å². The molecule has 120 valence electrons. The minimum Gasteiger partial charge on any atom is -0.0914 e. The van der Waals surface area contributed by atoms with E-state index in [1.54, 1.807) is 0 Å². The smallest absolute Gasteiger partial charge is 0 e. The van der Waals surface area contributed by atoms with Crippen LogP contribution < -0.4 is 0 Å². The number of allylic oxidation sites excluding steroid dienone is 4. The van der Waals surface area contributed by atoms with Crippen LogP contribution in [0.3, 0.4) is 0 Å². The Morgan fingerprint density at radius 2 is 0.900 bits per heavy atom. The molecule has 0 atom stereocenters. The van der Waals surface area contributed by atoms with Crippen molar-refractivity contribution in [2.24, 2.45) is 23.7 Å². The van der Waals surface area contributed by atoms with Crippen LogP contribution in [0.25, 0.3) is 0 Å². The van der Waals surface area contributed by atoms with Gasteiger partial charge in [0, 0.05) is 2.85 Å². The van der Waals surface area contributed by atoms with E-state index in [1.165, 1.54) is 51.4 Å². The molecule has 0 heteroatoms. The molecule has 2 aliphatic rings. The van der Waals surface area contributed by atoms with Gasteiger partial charge in [-0.15, -0.1) is 0 Å². The van der Waals surface area contributed by atoms with Gasteiger partial charge in [0.2, 0.25) is 0 Å². The second kappa shape index (κ2) is 10.2. The van der Waals surface area contributed by atoms with E-state index in [2.05, 4.69) is 38.2 Å². The molecular formula is C20H40. The Kier molecular flexibility index (Phi) is 8.98. The molecule has 0 aliphatic heterocycles. The number of hydrogen-bond donors (Lipinski definition) is 0. The first-order valence-electron chi connectivity index (χ1n) is 9.09. The van der Waals surface area contributed by atoms with Crippen molar-refractivity contribution >= 4 is 0 Å². The molecule has 2 rings (SSSR count). The average Bonchev–Trinajstić information content (AvgIpc) is 2.52. The highest BCUT2D eigenvalue weighted by Crippen LogP contribution is 2.41.